The molecule has 0 aromatic carbocycles. The number of anilines is 1. The molecule has 0 atom stereocenters. The number of carbonyl (C=O) groups excluding carboxylic acids is 1. The molecule has 0 bridgehead atoms. The number of hydrogen-bond acceptors (Lipinski definition) is 7. The Morgan fingerprint density at radius 1 is 1.26 bits per heavy atom. The molecule has 0 radical (unpaired) electrons. The maximum atomic E-state index is 12.8. The first-order valence-electron chi connectivity index (χ1n) is 7.43. The van der Waals surface area contributed by atoms with Crippen LogP contribution in [0.4, 0.5) is 5.82 Å². The SMILES string of the molecule is CCOC(=O)/C(=C/Nc1cc(C)ccn1)P(=O)(OCC)OCC. The van der Waals surface area contributed by atoms with Crippen LogP contribution < -0.4 is 5.32 Å². The molecule has 1 N–H and O–H groups in total. The quantitative estimate of drug-likeness (QED) is 0.418. The fourth-order valence-corrected chi connectivity index (χ4v) is 3.27. The molecule has 0 aliphatic rings. The van der Waals surface area contributed by atoms with Crippen molar-refractivity contribution in [1.29, 1.82) is 0 Å². The third-order valence-electron chi connectivity index (χ3n) is 2.65. The number of ether oxygens (including phenoxy) is 1. The second kappa shape index (κ2) is 9.45. The van der Waals surface area contributed by atoms with Crippen molar-refractivity contribution in [1.82, 2.24) is 4.98 Å². The van der Waals surface area contributed by atoms with Gasteiger partial charge in [0.15, 0.2) is 5.31 Å². The van der Waals surface area contributed by atoms with Crippen molar-refractivity contribution >= 4 is 19.4 Å². The van der Waals surface area contributed by atoms with E-state index in [0.29, 0.717) is 5.82 Å². The Balaban J connectivity index is 3.14. The summed E-state index contributed by atoms with van der Waals surface area (Å²) in [6.07, 6.45) is 2.89. The summed E-state index contributed by atoms with van der Waals surface area (Å²) in [7, 11) is -3.77. The highest BCUT2D eigenvalue weighted by molar-refractivity contribution is 7.59. The normalized spacial score (nSPS) is 12.1. The summed E-state index contributed by atoms with van der Waals surface area (Å²) in [5.41, 5.74) is 0.992. The highest BCUT2D eigenvalue weighted by atomic mass is 31.2. The van der Waals surface area contributed by atoms with Gasteiger partial charge in [0.05, 0.1) is 19.8 Å². The lowest BCUT2D eigenvalue weighted by atomic mass is 10.3. The van der Waals surface area contributed by atoms with E-state index in [9.17, 15) is 9.36 Å². The van der Waals surface area contributed by atoms with E-state index in [4.69, 9.17) is 13.8 Å². The summed E-state index contributed by atoms with van der Waals surface area (Å²) in [6, 6.07) is 3.62. The highest BCUT2D eigenvalue weighted by Crippen LogP contribution is 2.56. The van der Waals surface area contributed by atoms with Gasteiger partial charge in [0.2, 0.25) is 0 Å². The number of rotatable bonds is 9. The molecule has 0 aliphatic heterocycles. The van der Waals surface area contributed by atoms with Crippen molar-refractivity contribution in [2.24, 2.45) is 0 Å². The van der Waals surface area contributed by atoms with Crippen LogP contribution in [0.15, 0.2) is 29.8 Å². The molecule has 0 saturated heterocycles. The second-order valence-electron chi connectivity index (χ2n) is 4.45. The van der Waals surface area contributed by atoms with Gasteiger partial charge in [-0.05, 0) is 45.4 Å². The Morgan fingerprint density at radius 2 is 1.91 bits per heavy atom. The number of hydrogen-bond donors (Lipinski definition) is 1. The molecule has 1 heterocycles. The second-order valence-corrected chi connectivity index (χ2v) is 6.44. The average Bonchev–Trinajstić information content (AvgIpc) is 2.48. The lowest BCUT2D eigenvalue weighted by Crippen LogP contribution is -2.13. The molecule has 128 valence electrons. The molecular formula is C15H23N2O5P. The predicted molar refractivity (Wildman–Crippen MR) is 88.2 cm³/mol. The molecule has 0 amide bonds. The molecule has 1 aromatic heterocycles. The van der Waals surface area contributed by atoms with Crippen LogP contribution in [0, 0.1) is 6.92 Å². The van der Waals surface area contributed by atoms with Gasteiger partial charge in [0.1, 0.15) is 5.82 Å². The number of nitrogens with one attached hydrogen (secondary N) is 1. The Hall–Kier alpha value is -1.69. The lowest BCUT2D eigenvalue weighted by molar-refractivity contribution is -0.137. The molecule has 0 aliphatic carbocycles. The van der Waals surface area contributed by atoms with Crippen LogP contribution in [0.3, 0.4) is 0 Å². The van der Waals surface area contributed by atoms with E-state index in [1.54, 1.807) is 33.0 Å². The molecule has 0 fully saturated rings. The zero-order valence-electron chi connectivity index (χ0n) is 13.9. The van der Waals surface area contributed by atoms with Crippen molar-refractivity contribution in [2.75, 3.05) is 25.1 Å². The molecule has 0 unspecified atom stereocenters. The molecule has 8 heteroatoms. The molecule has 7 nitrogen and oxygen atoms in total. The van der Waals surface area contributed by atoms with E-state index in [2.05, 4.69) is 10.3 Å². The molecule has 0 saturated carbocycles. The van der Waals surface area contributed by atoms with Gasteiger partial charge in [-0.15, -0.1) is 0 Å². The van der Waals surface area contributed by atoms with E-state index in [0.717, 1.165) is 5.56 Å². The summed E-state index contributed by atoms with van der Waals surface area (Å²) < 4.78 is 28.2. The fourth-order valence-electron chi connectivity index (χ4n) is 1.73. The number of aromatic nitrogens is 1. The van der Waals surface area contributed by atoms with E-state index < -0.39 is 13.6 Å². The summed E-state index contributed by atoms with van der Waals surface area (Å²) in [4.78, 5) is 16.3. The first kappa shape index (κ1) is 19.4. The minimum Gasteiger partial charge on any atom is -0.462 e. The van der Waals surface area contributed by atoms with Gasteiger partial charge in [0, 0.05) is 12.4 Å². The van der Waals surface area contributed by atoms with Crippen LogP contribution in [0.5, 0.6) is 0 Å². The minimum atomic E-state index is -3.77. The number of pyridine rings is 1. The van der Waals surface area contributed by atoms with Gasteiger partial charge in [-0.25, -0.2) is 9.78 Å². The molecule has 0 spiro atoms. The largest absolute Gasteiger partial charge is 0.462 e. The number of esters is 1. The summed E-state index contributed by atoms with van der Waals surface area (Å²) in [6.45, 7) is 7.34. The van der Waals surface area contributed by atoms with E-state index in [-0.39, 0.29) is 25.1 Å². The van der Waals surface area contributed by atoms with Crippen molar-refractivity contribution in [3.05, 3.63) is 35.4 Å². The van der Waals surface area contributed by atoms with E-state index in [1.165, 1.54) is 6.20 Å². The van der Waals surface area contributed by atoms with Crippen molar-refractivity contribution in [2.45, 2.75) is 27.7 Å². The van der Waals surface area contributed by atoms with Crippen LogP contribution in [-0.4, -0.2) is 30.8 Å². The third kappa shape index (κ3) is 5.78. The van der Waals surface area contributed by atoms with Gasteiger partial charge >= 0.3 is 13.6 Å². The van der Waals surface area contributed by atoms with Crippen LogP contribution in [-0.2, 0) is 23.1 Å². The Bertz CT molecular complexity index is 593. The molecule has 1 aromatic rings. The first-order valence-corrected chi connectivity index (χ1v) is 8.97. The lowest BCUT2D eigenvalue weighted by Gasteiger charge is -2.19. The molecule has 23 heavy (non-hydrogen) atoms. The summed E-state index contributed by atoms with van der Waals surface area (Å²) >= 11 is 0. The minimum absolute atomic E-state index is 0.136. The Labute approximate surface area is 136 Å². The zero-order valence-corrected chi connectivity index (χ0v) is 14.8. The van der Waals surface area contributed by atoms with Crippen LogP contribution in [0.25, 0.3) is 0 Å². The van der Waals surface area contributed by atoms with Crippen LogP contribution in [0.2, 0.25) is 0 Å². The highest BCUT2D eigenvalue weighted by Gasteiger charge is 2.36. The monoisotopic (exact) mass is 342 g/mol. The van der Waals surface area contributed by atoms with Crippen molar-refractivity contribution < 1.29 is 23.1 Å². The number of aryl methyl sites for hydroxylation is 1. The maximum absolute atomic E-state index is 12.8. The Kier molecular flexibility index (Phi) is 7.95. The number of nitrogens with zero attached hydrogens (tertiary/aromatic N) is 1. The number of carbonyl (C=O) groups is 1. The van der Waals surface area contributed by atoms with Crippen molar-refractivity contribution in [3.63, 3.8) is 0 Å². The topological polar surface area (TPSA) is 86.8 Å². The predicted octanol–water partition coefficient (Wildman–Crippen LogP) is 3.47. The third-order valence-corrected chi connectivity index (χ3v) is 4.75. The maximum Gasteiger partial charge on any atom is 0.370 e. The van der Waals surface area contributed by atoms with Gasteiger partial charge in [-0.3, -0.25) is 4.57 Å². The van der Waals surface area contributed by atoms with E-state index >= 15 is 0 Å². The average molecular weight is 342 g/mol. The van der Waals surface area contributed by atoms with Gasteiger partial charge in [0.25, 0.3) is 0 Å². The van der Waals surface area contributed by atoms with Crippen molar-refractivity contribution in [3.8, 4) is 0 Å². The molecular weight excluding hydrogens is 319 g/mol. The molecule has 1 rings (SSSR count). The van der Waals surface area contributed by atoms with E-state index in [1.807, 2.05) is 13.0 Å². The Morgan fingerprint density at radius 3 is 2.43 bits per heavy atom. The zero-order chi connectivity index (χ0) is 17.3. The van der Waals surface area contributed by atoms with Gasteiger partial charge < -0.3 is 19.1 Å². The first-order chi connectivity index (χ1) is 11.0. The smallest absolute Gasteiger partial charge is 0.370 e. The van der Waals surface area contributed by atoms with Crippen LogP contribution in [0.1, 0.15) is 26.3 Å². The van der Waals surface area contributed by atoms with Gasteiger partial charge in [-0.2, -0.15) is 0 Å². The summed E-state index contributed by atoms with van der Waals surface area (Å²) in [5.74, 6) is -0.246. The summed E-state index contributed by atoms with van der Waals surface area (Å²) in [5, 5.41) is 2.65. The fraction of sp³-hybridized carbons (Fsp3) is 0.467. The van der Waals surface area contributed by atoms with Gasteiger partial charge in [-0.1, -0.05) is 0 Å². The van der Waals surface area contributed by atoms with Crippen LogP contribution >= 0.6 is 7.60 Å². The standard InChI is InChI=1S/C15H23N2O5P/c1-5-20-15(18)13(23(19,21-6-2)22-7-3)11-17-14-10-12(4)8-9-16-14/h8-11H,5-7H2,1-4H3,(H,16,17)/b13-11-.